The average molecular weight is 327 g/mol. The smallest absolute Gasteiger partial charge is 0.324 e. The van der Waals surface area contributed by atoms with Crippen LogP contribution in [0.25, 0.3) is 0 Å². The Hall–Kier alpha value is -1.97. The summed E-state index contributed by atoms with van der Waals surface area (Å²) in [6.45, 7) is 2.19. The number of rotatable bonds is 5. The molecule has 112 valence electrons. The van der Waals surface area contributed by atoms with Gasteiger partial charge in [-0.05, 0) is 30.7 Å². The van der Waals surface area contributed by atoms with Gasteiger partial charge in [0.05, 0.1) is 9.82 Å². The van der Waals surface area contributed by atoms with Gasteiger partial charge in [0.1, 0.15) is 0 Å². The molecule has 7 nitrogen and oxygen atoms in total. The lowest BCUT2D eigenvalue weighted by Gasteiger charge is -2.10. The minimum absolute atomic E-state index is 0.0211. The van der Waals surface area contributed by atoms with Gasteiger partial charge in [0.2, 0.25) is 10.0 Å². The van der Waals surface area contributed by atoms with E-state index in [4.69, 9.17) is 5.14 Å². The van der Waals surface area contributed by atoms with Gasteiger partial charge in [-0.25, -0.2) is 13.6 Å². The molecule has 0 saturated carbocycles. The largest absolute Gasteiger partial charge is 0.380 e. The Kier molecular flexibility index (Phi) is 4.26. The number of primary sulfonamides is 1. The van der Waals surface area contributed by atoms with E-state index in [0.29, 0.717) is 12.2 Å². The van der Waals surface area contributed by atoms with Crippen LogP contribution in [-0.2, 0) is 16.6 Å². The van der Waals surface area contributed by atoms with Gasteiger partial charge in [0.25, 0.3) is 0 Å². The Balaban J connectivity index is 2.17. The van der Waals surface area contributed by atoms with Crippen molar-refractivity contribution in [2.45, 2.75) is 18.4 Å². The van der Waals surface area contributed by atoms with Crippen molar-refractivity contribution in [3.05, 3.63) is 50.9 Å². The summed E-state index contributed by atoms with van der Waals surface area (Å²) in [5, 5.41) is 18.8. The monoisotopic (exact) mass is 327 g/mol. The lowest BCUT2D eigenvalue weighted by atomic mass is 10.2. The number of benzene rings is 1. The molecule has 1 aromatic heterocycles. The SMILES string of the molecule is Cc1ccc(S(N)(=O)=O)cc1NCc1ccc([N+](=O)[O-])s1. The molecular weight excluding hydrogens is 314 g/mol. The normalized spacial score (nSPS) is 11.3. The van der Waals surface area contributed by atoms with Crippen molar-refractivity contribution in [2.24, 2.45) is 5.14 Å². The van der Waals surface area contributed by atoms with Crippen LogP contribution in [0.4, 0.5) is 10.7 Å². The zero-order valence-electron chi connectivity index (χ0n) is 11.1. The fraction of sp³-hybridized carbons (Fsp3) is 0.167. The number of nitrogens with zero attached hydrogens (tertiary/aromatic N) is 1. The van der Waals surface area contributed by atoms with E-state index < -0.39 is 14.9 Å². The highest BCUT2D eigenvalue weighted by atomic mass is 32.2. The molecule has 3 N–H and O–H groups in total. The van der Waals surface area contributed by atoms with Crippen LogP contribution in [0.3, 0.4) is 0 Å². The lowest BCUT2D eigenvalue weighted by Crippen LogP contribution is -2.12. The number of sulfonamides is 1. The van der Waals surface area contributed by atoms with Gasteiger partial charge in [-0.1, -0.05) is 17.4 Å². The van der Waals surface area contributed by atoms with Crippen LogP contribution in [0, 0.1) is 17.0 Å². The molecule has 0 aliphatic heterocycles. The van der Waals surface area contributed by atoms with Crippen molar-refractivity contribution in [1.82, 2.24) is 0 Å². The molecule has 0 radical (unpaired) electrons. The van der Waals surface area contributed by atoms with Crippen LogP contribution in [0.2, 0.25) is 0 Å². The Bertz CT molecular complexity index is 784. The van der Waals surface area contributed by atoms with Crippen molar-refractivity contribution in [1.29, 1.82) is 0 Å². The van der Waals surface area contributed by atoms with Crippen molar-refractivity contribution in [3.63, 3.8) is 0 Å². The van der Waals surface area contributed by atoms with E-state index in [1.807, 2.05) is 6.92 Å². The minimum Gasteiger partial charge on any atom is -0.380 e. The first-order chi connectivity index (χ1) is 9.77. The Morgan fingerprint density at radius 1 is 1.33 bits per heavy atom. The van der Waals surface area contributed by atoms with Gasteiger partial charge < -0.3 is 5.32 Å². The number of nitro groups is 1. The van der Waals surface area contributed by atoms with Crippen LogP contribution < -0.4 is 10.5 Å². The van der Waals surface area contributed by atoms with E-state index >= 15 is 0 Å². The number of nitrogens with one attached hydrogen (secondary N) is 1. The van der Waals surface area contributed by atoms with Crippen LogP contribution in [0.15, 0.2) is 35.2 Å². The molecule has 0 atom stereocenters. The molecule has 0 bridgehead atoms. The van der Waals surface area contributed by atoms with E-state index in [1.165, 1.54) is 18.2 Å². The molecular formula is C12H13N3O4S2. The molecule has 0 spiro atoms. The highest BCUT2D eigenvalue weighted by molar-refractivity contribution is 7.89. The van der Waals surface area contributed by atoms with Gasteiger partial charge in [0, 0.05) is 23.2 Å². The molecule has 1 aromatic carbocycles. The molecule has 1 heterocycles. The fourth-order valence-electron chi connectivity index (χ4n) is 1.71. The average Bonchev–Trinajstić information content (AvgIpc) is 2.85. The molecule has 21 heavy (non-hydrogen) atoms. The second-order valence-corrected chi connectivity index (χ2v) is 7.08. The summed E-state index contributed by atoms with van der Waals surface area (Å²) in [7, 11) is -3.76. The standard InChI is InChI=1S/C12H13N3O4S2/c1-8-2-4-10(21(13,18)19)6-11(8)14-7-9-3-5-12(20-9)15(16)17/h2-6,14H,7H2,1H3,(H2,13,18,19). The molecule has 0 amide bonds. The van der Waals surface area contributed by atoms with Gasteiger partial charge in [-0.15, -0.1) is 0 Å². The number of aryl methyl sites for hydroxylation is 1. The highest BCUT2D eigenvalue weighted by Gasteiger charge is 2.12. The summed E-state index contributed by atoms with van der Waals surface area (Å²) in [5.74, 6) is 0. The summed E-state index contributed by atoms with van der Waals surface area (Å²) in [5.41, 5.74) is 1.48. The first kappa shape index (κ1) is 15.4. The van der Waals surface area contributed by atoms with Gasteiger partial charge in [-0.3, -0.25) is 10.1 Å². The summed E-state index contributed by atoms with van der Waals surface area (Å²) < 4.78 is 22.7. The molecule has 0 saturated heterocycles. The molecule has 9 heteroatoms. The Morgan fingerprint density at radius 2 is 2.05 bits per heavy atom. The second kappa shape index (κ2) is 5.80. The second-order valence-electron chi connectivity index (χ2n) is 4.37. The van der Waals surface area contributed by atoms with Gasteiger partial charge in [0.15, 0.2) is 0 Å². The maximum Gasteiger partial charge on any atom is 0.324 e. The molecule has 0 unspecified atom stereocenters. The van der Waals surface area contributed by atoms with Crippen molar-refractivity contribution >= 4 is 32.0 Å². The number of thiophene rings is 1. The molecule has 0 fully saturated rings. The van der Waals surface area contributed by atoms with Crippen LogP contribution in [-0.4, -0.2) is 13.3 Å². The summed E-state index contributed by atoms with van der Waals surface area (Å²) in [6, 6.07) is 7.64. The third-order valence-corrected chi connectivity index (χ3v) is 4.77. The molecule has 2 aromatic rings. The minimum atomic E-state index is -3.76. The zero-order valence-corrected chi connectivity index (χ0v) is 12.7. The van der Waals surface area contributed by atoms with Crippen LogP contribution in [0.1, 0.15) is 10.4 Å². The fourth-order valence-corrected chi connectivity index (χ4v) is 3.01. The Labute approximate surface area is 125 Å². The van der Waals surface area contributed by atoms with Gasteiger partial charge >= 0.3 is 5.00 Å². The third-order valence-electron chi connectivity index (χ3n) is 2.82. The molecule has 0 aliphatic carbocycles. The maximum atomic E-state index is 11.3. The first-order valence-electron chi connectivity index (χ1n) is 5.88. The summed E-state index contributed by atoms with van der Waals surface area (Å²) >= 11 is 1.07. The topological polar surface area (TPSA) is 115 Å². The van der Waals surface area contributed by atoms with E-state index in [-0.39, 0.29) is 9.90 Å². The molecule has 2 rings (SSSR count). The first-order valence-corrected chi connectivity index (χ1v) is 8.24. The van der Waals surface area contributed by atoms with Crippen molar-refractivity contribution < 1.29 is 13.3 Å². The lowest BCUT2D eigenvalue weighted by molar-refractivity contribution is -0.380. The maximum absolute atomic E-state index is 11.3. The predicted octanol–water partition coefficient (Wildman–Crippen LogP) is 2.22. The highest BCUT2D eigenvalue weighted by Crippen LogP contribution is 2.26. The van der Waals surface area contributed by atoms with Crippen molar-refractivity contribution in [2.75, 3.05) is 5.32 Å². The Morgan fingerprint density at radius 3 is 2.62 bits per heavy atom. The van der Waals surface area contributed by atoms with Crippen LogP contribution in [0.5, 0.6) is 0 Å². The van der Waals surface area contributed by atoms with E-state index in [9.17, 15) is 18.5 Å². The quantitative estimate of drug-likeness (QED) is 0.645. The zero-order chi connectivity index (χ0) is 15.6. The summed E-state index contributed by atoms with van der Waals surface area (Å²) in [6.07, 6.45) is 0. The third kappa shape index (κ3) is 3.78. The van der Waals surface area contributed by atoms with Crippen molar-refractivity contribution in [3.8, 4) is 0 Å². The van der Waals surface area contributed by atoms with E-state index in [0.717, 1.165) is 21.8 Å². The number of anilines is 1. The number of hydrogen-bond donors (Lipinski definition) is 2. The molecule has 0 aliphatic rings. The predicted molar refractivity (Wildman–Crippen MR) is 80.9 cm³/mol. The van der Waals surface area contributed by atoms with E-state index in [2.05, 4.69) is 5.32 Å². The number of nitrogens with two attached hydrogens (primary N) is 1. The van der Waals surface area contributed by atoms with Gasteiger partial charge in [-0.2, -0.15) is 0 Å². The number of hydrogen-bond acceptors (Lipinski definition) is 6. The summed E-state index contributed by atoms with van der Waals surface area (Å²) in [4.78, 5) is 11.0. The van der Waals surface area contributed by atoms with Crippen LogP contribution >= 0.6 is 11.3 Å². The van der Waals surface area contributed by atoms with E-state index in [1.54, 1.807) is 12.1 Å².